The van der Waals surface area contributed by atoms with E-state index in [4.69, 9.17) is 4.42 Å². The fourth-order valence-corrected chi connectivity index (χ4v) is 5.27. The molecular formula is C23H24F3N3O5. The Morgan fingerprint density at radius 2 is 1.94 bits per heavy atom. The molecule has 8 nitrogen and oxygen atoms in total. The number of aliphatic hydroxyl groups is 1. The van der Waals surface area contributed by atoms with Gasteiger partial charge in [0.05, 0.1) is 18.7 Å². The van der Waals surface area contributed by atoms with Crippen molar-refractivity contribution in [2.24, 2.45) is 0 Å². The molecule has 5 rings (SSSR count). The monoisotopic (exact) mass is 479 g/mol. The van der Waals surface area contributed by atoms with Crippen molar-refractivity contribution in [3.63, 3.8) is 0 Å². The molecule has 34 heavy (non-hydrogen) atoms. The number of ether oxygens (including phenoxy) is 1. The number of imide groups is 1. The number of β-amino-alcohol motifs (C(OH)–C–C–N with tert-alkyl or cyclic N) is 1. The number of likely N-dealkylation sites (tertiary alicyclic amines) is 1. The smallest absolute Gasteiger partial charge is 0.464 e. The van der Waals surface area contributed by atoms with Gasteiger partial charge in [-0.15, -0.1) is 13.2 Å². The standard InChI is InChI=1S/C23H24F3N3O5/c1-14-5-6-18(33-14)11-28-20(31)19-8-16(30)10-29(19)22(21(28)32)12-27(13-22)9-15-3-2-4-17(7-15)34-23(24,25)26/h2-7,16,19,30H,8-13H2,1H3. The summed E-state index contributed by atoms with van der Waals surface area (Å²) in [6.45, 7) is 2.92. The SMILES string of the molecule is Cc1ccc(CN2C(=O)C3CC(O)CN3C3(CN(Cc4cccc(OC(F)(F)F)c4)C3)C2=O)o1. The highest BCUT2D eigenvalue weighted by Crippen LogP contribution is 2.41. The molecule has 2 unspecified atom stereocenters. The Labute approximate surface area is 193 Å². The molecule has 4 heterocycles. The third kappa shape index (κ3) is 4.08. The summed E-state index contributed by atoms with van der Waals surface area (Å²) in [4.78, 5) is 31.6. The molecule has 1 aromatic carbocycles. The minimum absolute atomic E-state index is 0.0184. The zero-order valence-electron chi connectivity index (χ0n) is 18.4. The maximum Gasteiger partial charge on any atom is 0.573 e. The molecule has 1 aromatic heterocycles. The van der Waals surface area contributed by atoms with Crippen molar-refractivity contribution in [2.45, 2.75) is 50.5 Å². The number of aliphatic hydroxyl groups excluding tert-OH is 1. The Bertz CT molecular complexity index is 1110. The van der Waals surface area contributed by atoms with Crippen molar-refractivity contribution < 1.29 is 37.0 Å². The third-order valence-electron chi connectivity index (χ3n) is 6.64. The molecule has 0 saturated carbocycles. The van der Waals surface area contributed by atoms with Gasteiger partial charge in [0.2, 0.25) is 5.91 Å². The van der Waals surface area contributed by atoms with Crippen LogP contribution in [0, 0.1) is 6.92 Å². The van der Waals surface area contributed by atoms with Crippen LogP contribution in [0.4, 0.5) is 13.2 Å². The molecule has 0 bridgehead atoms. The van der Waals surface area contributed by atoms with E-state index in [1.54, 1.807) is 30.0 Å². The lowest BCUT2D eigenvalue weighted by Gasteiger charge is -2.58. The van der Waals surface area contributed by atoms with Crippen molar-refractivity contribution in [1.29, 1.82) is 0 Å². The molecule has 2 aromatic rings. The van der Waals surface area contributed by atoms with Gasteiger partial charge in [-0.05, 0) is 43.2 Å². The number of halogens is 3. The van der Waals surface area contributed by atoms with Gasteiger partial charge in [-0.1, -0.05) is 12.1 Å². The number of hydrogen-bond acceptors (Lipinski definition) is 7. The molecule has 1 N–H and O–H groups in total. The molecule has 3 saturated heterocycles. The lowest BCUT2D eigenvalue weighted by molar-refractivity contribution is -0.274. The summed E-state index contributed by atoms with van der Waals surface area (Å²) in [6, 6.07) is 8.60. The summed E-state index contributed by atoms with van der Waals surface area (Å²) >= 11 is 0. The van der Waals surface area contributed by atoms with Gasteiger partial charge in [-0.25, -0.2) is 0 Å². The summed E-state index contributed by atoms with van der Waals surface area (Å²) < 4.78 is 47.2. The van der Waals surface area contributed by atoms with Crippen molar-refractivity contribution in [1.82, 2.24) is 14.7 Å². The van der Waals surface area contributed by atoms with Crippen LogP contribution in [0.3, 0.4) is 0 Å². The molecule has 182 valence electrons. The first-order chi connectivity index (χ1) is 16.0. The summed E-state index contributed by atoms with van der Waals surface area (Å²) in [5, 5.41) is 10.3. The fourth-order valence-electron chi connectivity index (χ4n) is 5.27. The molecule has 1 spiro atoms. The maximum absolute atomic E-state index is 13.6. The highest BCUT2D eigenvalue weighted by Gasteiger charge is 2.64. The third-order valence-corrected chi connectivity index (χ3v) is 6.64. The van der Waals surface area contributed by atoms with E-state index in [1.807, 2.05) is 4.90 Å². The Morgan fingerprint density at radius 1 is 1.18 bits per heavy atom. The zero-order valence-corrected chi connectivity index (χ0v) is 18.4. The number of nitrogens with zero attached hydrogens (tertiary/aromatic N) is 3. The van der Waals surface area contributed by atoms with Crippen LogP contribution in [0.15, 0.2) is 40.8 Å². The van der Waals surface area contributed by atoms with E-state index in [2.05, 4.69) is 4.74 Å². The Hall–Kier alpha value is -2.89. The van der Waals surface area contributed by atoms with Crippen molar-refractivity contribution in [3.05, 3.63) is 53.5 Å². The summed E-state index contributed by atoms with van der Waals surface area (Å²) in [7, 11) is 0. The van der Waals surface area contributed by atoms with Gasteiger partial charge in [0.25, 0.3) is 5.91 Å². The molecule has 2 amide bonds. The molecule has 3 aliphatic heterocycles. The minimum Gasteiger partial charge on any atom is -0.464 e. The zero-order chi connectivity index (χ0) is 24.3. The first kappa shape index (κ1) is 22.9. The Morgan fingerprint density at radius 3 is 2.62 bits per heavy atom. The van der Waals surface area contributed by atoms with E-state index in [1.165, 1.54) is 23.1 Å². The highest BCUT2D eigenvalue weighted by molar-refractivity contribution is 6.06. The fraction of sp³-hybridized carbons (Fsp3) is 0.478. The average molecular weight is 479 g/mol. The van der Waals surface area contributed by atoms with Crippen LogP contribution in [0.1, 0.15) is 23.5 Å². The van der Waals surface area contributed by atoms with Crippen LogP contribution in [-0.2, 0) is 22.7 Å². The van der Waals surface area contributed by atoms with Gasteiger partial charge < -0.3 is 14.3 Å². The van der Waals surface area contributed by atoms with Gasteiger partial charge in [0.15, 0.2) is 0 Å². The number of rotatable bonds is 5. The first-order valence-electron chi connectivity index (χ1n) is 11.0. The molecule has 3 fully saturated rings. The predicted molar refractivity (Wildman–Crippen MR) is 111 cm³/mol. The van der Waals surface area contributed by atoms with Crippen LogP contribution >= 0.6 is 0 Å². The normalized spacial score (nSPS) is 25.0. The van der Waals surface area contributed by atoms with Gasteiger partial charge >= 0.3 is 6.36 Å². The number of carbonyl (C=O) groups excluding carboxylic acids is 2. The summed E-state index contributed by atoms with van der Waals surface area (Å²) in [5.41, 5.74) is -0.366. The lowest BCUT2D eigenvalue weighted by atomic mass is 9.82. The van der Waals surface area contributed by atoms with Gasteiger partial charge in [-0.2, -0.15) is 0 Å². The van der Waals surface area contributed by atoms with E-state index in [0.717, 1.165) is 0 Å². The molecule has 11 heteroatoms. The quantitative estimate of drug-likeness (QED) is 0.657. The second kappa shape index (κ2) is 8.10. The van der Waals surface area contributed by atoms with Crippen LogP contribution in [0.5, 0.6) is 5.75 Å². The van der Waals surface area contributed by atoms with Gasteiger partial charge in [-0.3, -0.25) is 24.3 Å². The highest BCUT2D eigenvalue weighted by atomic mass is 19.4. The molecule has 2 atom stereocenters. The van der Waals surface area contributed by atoms with Crippen molar-refractivity contribution in [3.8, 4) is 5.75 Å². The number of fused-ring (bicyclic) bond motifs is 2. The second-order valence-electron chi connectivity index (χ2n) is 9.17. The minimum atomic E-state index is -4.78. The largest absolute Gasteiger partial charge is 0.573 e. The number of piperazine rings is 1. The molecule has 3 aliphatic rings. The summed E-state index contributed by atoms with van der Waals surface area (Å²) in [5.74, 6) is 0.173. The molecule has 0 aliphatic carbocycles. The molecule has 0 radical (unpaired) electrons. The van der Waals surface area contributed by atoms with Crippen LogP contribution in [0.2, 0.25) is 0 Å². The summed E-state index contributed by atoms with van der Waals surface area (Å²) in [6.07, 6.45) is -5.24. The Kier molecular flexibility index (Phi) is 5.45. The number of carbonyl (C=O) groups is 2. The number of hydrogen-bond donors (Lipinski definition) is 1. The van der Waals surface area contributed by atoms with Crippen LogP contribution < -0.4 is 4.74 Å². The van der Waals surface area contributed by atoms with E-state index in [0.29, 0.717) is 36.7 Å². The van der Waals surface area contributed by atoms with E-state index in [-0.39, 0.29) is 37.1 Å². The average Bonchev–Trinajstić information content (AvgIpc) is 3.31. The number of amides is 2. The number of aryl methyl sites for hydroxylation is 1. The van der Waals surface area contributed by atoms with E-state index >= 15 is 0 Å². The maximum atomic E-state index is 13.6. The van der Waals surface area contributed by atoms with Crippen molar-refractivity contribution >= 4 is 11.8 Å². The van der Waals surface area contributed by atoms with Gasteiger partial charge in [0.1, 0.15) is 22.8 Å². The Balaban J connectivity index is 1.34. The number of furan rings is 1. The van der Waals surface area contributed by atoms with Crippen molar-refractivity contribution in [2.75, 3.05) is 19.6 Å². The van der Waals surface area contributed by atoms with Crippen LogP contribution in [0.25, 0.3) is 0 Å². The topological polar surface area (TPSA) is 86.5 Å². The predicted octanol–water partition coefficient (Wildman–Crippen LogP) is 2.05. The van der Waals surface area contributed by atoms with Gasteiger partial charge in [0, 0.05) is 26.2 Å². The first-order valence-corrected chi connectivity index (χ1v) is 11.0. The van der Waals surface area contributed by atoms with Crippen LogP contribution in [-0.4, -0.2) is 75.3 Å². The second-order valence-corrected chi connectivity index (χ2v) is 9.17. The number of benzene rings is 1. The number of alkyl halides is 3. The van der Waals surface area contributed by atoms with E-state index < -0.39 is 24.0 Å². The lowest BCUT2D eigenvalue weighted by Crippen LogP contribution is -2.81. The van der Waals surface area contributed by atoms with E-state index in [9.17, 15) is 27.9 Å². The molecular weight excluding hydrogens is 455 g/mol.